The molecule has 0 atom stereocenters. The monoisotopic (exact) mass is 416 g/mol. The van der Waals surface area contributed by atoms with Crippen LogP contribution in [0.3, 0.4) is 0 Å². The maximum absolute atomic E-state index is 12.3. The van der Waals surface area contributed by atoms with E-state index in [0.717, 1.165) is 16.7 Å². The lowest BCUT2D eigenvalue weighted by Crippen LogP contribution is -2.29. The Kier molecular flexibility index (Phi) is 7.27. The Hall–Kier alpha value is -3.80. The highest BCUT2D eigenvalue weighted by molar-refractivity contribution is 5.93. The zero-order valence-electron chi connectivity index (χ0n) is 18.1. The Balaban J connectivity index is 1.52. The van der Waals surface area contributed by atoms with Gasteiger partial charge in [-0.2, -0.15) is 0 Å². The summed E-state index contributed by atoms with van der Waals surface area (Å²) < 4.78 is 0. The van der Waals surface area contributed by atoms with Gasteiger partial charge in [-0.25, -0.2) is 9.59 Å². The minimum Gasteiger partial charge on any atom is -0.334 e. The van der Waals surface area contributed by atoms with Crippen LogP contribution in [0.15, 0.2) is 66.7 Å². The van der Waals surface area contributed by atoms with Crippen molar-refractivity contribution in [1.82, 2.24) is 10.6 Å². The van der Waals surface area contributed by atoms with Crippen LogP contribution < -0.4 is 21.3 Å². The van der Waals surface area contributed by atoms with Crippen molar-refractivity contribution in [2.75, 3.05) is 10.6 Å². The molecule has 6 heteroatoms. The molecule has 3 aromatic carbocycles. The van der Waals surface area contributed by atoms with E-state index in [0.29, 0.717) is 24.5 Å². The van der Waals surface area contributed by atoms with Crippen molar-refractivity contribution in [3.05, 3.63) is 94.5 Å². The maximum Gasteiger partial charge on any atom is 0.319 e. The third-order valence-electron chi connectivity index (χ3n) is 4.89. The number of anilines is 2. The molecule has 0 saturated carbocycles. The summed E-state index contributed by atoms with van der Waals surface area (Å²) in [6, 6.07) is 20.8. The summed E-state index contributed by atoms with van der Waals surface area (Å²) in [6.45, 7) is 6.82. The van der Waals surface area contributed by atoms with Gasteiger partial charge in [0, 0.05) is 24.5 Å². The van der Waals surface area contributed by atoms with Gasteiger partial charge in [0.15, 0.2) is 0 Å². The predicted octanol–water partition coefficient (Wildman–Crippen LogP) is 5.26. The second-order valence-corrected chi connectivity index (χ2v) is 7.62. The van der Waals surface area contributed by atoms with Crippen molar-refractivity contribution < 1.29 is 9.59 Å². The van der Waals surface area contributed by atoms with Crippen LogP contribution in [-0.4, -0.2) is 12.1 Å². The average molecular weight is 417 g/mol. The largest absolute Gasteiger partial charge is 0.334 e. The Morgan fingerprint density at radius 1 is 0.645 bits per heavy atom. The van der Waals surface area contributed by atoms with Gasteiger partial charge in [-0.1, -0.05) is 65.7 Å². The lowest BCUT2D eigenvalue weighted by molar-refractivity contribution is 0.251. The quantitative estimate of drug-likeness (QED) is 0.442. The first-order valence-electron chi connectivity index (χ1n) is 10.2. The number of aryl methyl sites for hydroxylation is 3. The van der Waals surface area contributed by atoms with E-state index in [4.69, 9.17) is 0 Å². The molecule has 0 unspecified atom stereocenters. The van der Waals surface area contributed by atoms with E-state index < -0.39 is 0 Å². The van der Waals surface area contributed by atoms with Crippen LogP contribution in [0, 0.1) is 20.8 Å². The highest BCUT2D eigenvalue weighted by atomic mass is 16.2. The maximum atomic E-state index is 12.3. The number of benzene rings is 3. The summed E-state index contributed by atoms with van der Waals surface area (Å²) >= 11 is 0. The molecular weight excluding hydrogens is 388 g/mol. The van der Waals surface area contributed by atoms with Gasteiger partial charge in [0.2, 0.25) is 0 Å². The van der Waals surface area contributed by atoms with Gasteiger partial charge in [0.1, 0.15) is 0 Å². The van der Waals surface area contributed by atoms with Gasteiger partial charge >= 0.3 is 12.1 Å². The normalized spacial score (nSPS) is 10.3. The minimum absolute atomic E-state index is 0.301. The molecule has 0 aromatic heterocycles. The zero-order chi connectivity index (χ0) is 22.2. The number of urea groups is 2. The van der Waals surface area contributed by atoms with Crippen LogP contribution in [0.25, 0.3) is 0 Å². The van der Waals surface area contributed by atoms with Gasteiger partial charge in [-0.3, -0.25) is 0 Å². The molecule has 0 saturated heterocycles. The van der Waals surface area contributed by atoms with Crippen LogP contribution in [0.4, 0.5) is 21.0 Å². The summed E-state index contributed by atoms with van der Waals surface area (Å²) in [5.41, 5.74) is 6.54. The highest BCUT2D eigenvalue weighted by Crippen LogP contribution is 2.20. The molecule has 0 fully saturated rings. The number of carbonyl (C=O) groups excluding carboxylic acids is 2. The average Bonchev–Trinajstić information content (AvgIpc) is 2.75. The first-order valence-corrected chi connectivity index (χ1v) is 10.2. The number of nitrogens with one attached hydrogen (secondary N) is 4. The molecule has 3 rings (SSSR count). The summed E-state index contributed by atoms with van der Waals surface area (Å²) in [6.07, 6.45) is 0. The highest BCUT2D eigenvalue weighted by Gasteiger charge is 2.08. The van der Waals surface area contributed by atoms with Crippen molar-refractivity contribution in [3.63, 3.8) is 0 Å². The molecule has 31 heavy (non-hydrogen) atoms. The van der Waals surface area contributed by atoms with Crippen LogP contribution in [0.1, 0.15) is 27.8 Å². The molecule has 0 bridgehead atoms. The Morgan fingerprint density at radius 2 is 1.13 bits per heavy atom. The summed E-state index contributed by atoms with van der Waals surface area (Å²) in [7, 11) is 0. The lowest BCUT2D eigenvalue weighted by atomic mass is 10.1. The van der Waals surface area contributed by atoms with E-state index in [-0.39, 0.29) is 12.1 Å². The van der Waals surface area contributed by atoms with E-state index in [9.17, 15) is 9.59 Å². The lowest BCUT2D eigenvalue weighted by Gasteiger charge is -2.13. The molecule has 6 nitrogen and oxygen atoms in total. The van der Waals surface area contributed by atoms with Gasteiger partial charge in [0.25, 0.3) is 0 Å². The van der Waals surface area contributed by atoms with Gasteiger partial charge in [-0.05, 0) is 49.6 Å². The molecule has 160 valence electrons. The van der Waals surface area contributed by atoms with Gasteiger partial charge in [-0.15, -0.1) is 0 Å². The molecule has 0 radical (unpaired) electrons. The van der Waals surface area contributed by atoms with E-state index in [1.54, 1.807) is 12.1 Å². The molecule has 4 N–H and O–H groups in total. The molecule has 0 aliphatic rings. The van der Waals surface area contributed by atoms with Crippen LogP contribution in [0.5, 0.6) is 0 Å². The van der Waals surface area contributed by atoms with Crippen molar-refractivity contribution >= 4 is 23.4 Å². The SMILES string of the molecule is Cc1ccc(CNC(=O)Nc2ccc(C)c(NC(=O)NCc3ccc(C)cc3)c2)cc1. The molecule has 0 spiro atoms. The van der Waals surface area contributed by atoms with E-state index in [1.807, 2.05) is 75.4 Å². The fourth-order valence-electron chi connectivity index (χ4n) is 2.95. The number of hydrogen-bond donors (Lipinski definition) is 4. The van der Waals surface area contributed by atoms with Crippen molar-refractivity contribution in [3.8, 4) is 0 Å². The predicted molar refractivity (Wildman–Crippen MR) is 125 cm³/mol. The Labute approximate surface area is 183 Å². The van der Waals surface area contributed by atoms with Gasteiger partial charge in [0.05, 0.1) is 0 Å². The first-order chi connectivity index (χ1) is 14.9. The number of rotatable bonds is 6. The molecule has 0 aliphatic carbocycles. The molecule has 0 aliphatic heterocycles. The molecule has 3 aromatic rings. The van der Waals surface area contributed by atoms with Crippen LogP contribution >= 0.6 is 0 Å². The van der Waals surface area contributed by atoms with E-state index in [1.165, 1.54) is 11.1 Å². The first kappa shape index (κ1) is 21.9. The van der Waals surface area contributed by atoms with Crippen molar-refractivity contribution in [1.29, 1.82) is 0 Å². The fraction of sp³-hybridized carbons (Fsp3) is 0.200. The number of hydrogen-bond acceptors (Lipinski definition) is 2. The van der Waals surface area contributed by atoms with Gasteiger partial charge < -0.3 is 21.3 Å². The number of carbonyl (C=O) groups is 2. The second kappa shape index (κ2) is 10.3. The van der Waals surface area contributed by atoms with Crippen LogP contribution in [0.2, 0.25) is 0 Å². The zero-order valence-corrected chi connectivity index (χ0v) is 18.1. The summed E-state index contributed by atoms with van der Waals surface area (Å²) in [4.78, 5) is 24.5. The number of amides is 4. The standard InChI is InChI=1S/C25H28N4O2/c1-17-4-9-20(10-5-17)15-26-24(30)28-22-13-8-19(3)23(14-22)29-25(31)27-16-21-11-6-18(2)7-12-21/h4-14H,15-16H2,1-3H3,(H2,26,28,30)(H2,27,29,31). The third-order valence-corrected chi connectivity index (χ3v) is 4.89. The second-order valence-electron chi connectivity index (χ2n) is 7.62. The molecule has 4 amide bonds. The van der Waals surface area contributed by atoms with Crippen molar-refractivity contribution in [2.45, 2.75) is 33.9 Å². The van der Waals surface area contributed by atoms with E-state index >= 15 is 0 Å². The molecule has 0 heterocycles. The smallest absolute Gasteiger partial charge is 0.319 e. The topological polar surface area (TPSA) is 82.3 Å². The minimum atomic E-state index is -0.306. The molecular formula is C25H28N4O2. The summed E-state index contributed by atoms with van der Waals surface area (Å²) in [5, 5.41) is 11.3. The third kappa shape index (κ3) is 6.89. The van der Waals surface area contributed by atoms with E-state index in [2.05, 4.69) is 21.3 Å². The Bertz CT molecular complexity index is 1040. The fourth-order valence-corrected chi connectivity index (χ4v) is 2.95. The van der Waals surface area contributed by atoms with Crippen molar-refractivity contribution in [2.24, 2.45) is 0 Å². The summed E-state index contributed by atoms with van der Waals surface area (Å²) in [5.74, 6) is 0. The van der Waals surface area contributed by atoms with Crippen LogP contribution in [-0.2, 0) is 13.1 Å². The Morgan fingerprint density at radius 3 is 1.65 bits per heavy atom.